The highest BCUT2D eigenvalue weighted by Gasteiger charge is 2.08. The first kappa shape index (κ1) is 18.5. The molecule has 0 aliphatic rings. The predicted molar refractivity (Wildman–Crippen MR) is 95.1 cm³/mol. The summed E-state index contributed by atoms with van der Waals surface area (Å²) in [5, 5.41) is 0. The van der Waals surface area contributed by atoms with Crippen molar-refractivity contribution in [3.8, 4) is 17.2 Å². The van der Waals surface area contributed by atoms with Gasteiger partial charge in [0.25, 0.3) is 0 Å². The number of ketones is 1. The van der Waals surface area contributed by atoms with E-state index in [9.17, 15) is 9.18 Å². The first-order valence-electron chi connectivity index (χ1n) is 7.95. The minimum Gasteiger partial charge on any atom is -0.494 e. The molecule has 0 unspecified atom stereocenters. The summed E-state index contributed by atoms with van der Waals surface area (Å²) in [6.07, 6.45) is 3.94. The summed E-state index contributed by atoms with van der Waals surface area (Å²) in [7, 11) is 2.94. The van der Waals surface area contributed by atoms with Gasteiger partial charge in [-0.1, -0.05) is 19.1 Å². The van der Waals surface area contributed by atoms with E-state index in [0.717, 1.165) is 18.1 Å². The molecule has 5 heteroatoms. The Morgan fingerprint density at radius 1 is 1.04 bits per heavy atom. The number of hydrogen-bond donors (Lipinski definition) is 0. The van der Waals surface area contributed by atoms with Crippen LogP contribution in [0.25, 0.3) is 6.08 Å². The van der Waals surface area contributed by atoms with Gasteiger partial charge in [0.1, 0.15) is 0 Å². The minimum atomic E-state index is -0.569. The number of halogens is 1. The molecule has 0 aliphatic heterocycles. The van der Waals surface area contributed by atoms with Crippen LogP contribution in [0.2, 0.25) is 0 Å². The fourth-order valence-electron chi connectivity index (χ4n) is 2.21. The minimum absolute atomic E-state index is 0.105. The lowest BCUT2D eigenvalue weighted by Gasteiger charge is -2.10. The smallest absolute Gasteiger partial charge is 0.185 e. The average Bonchev–Trinajstić information content (AvgIpc) is 2.64. The van der Waals surface area contributed by atoms with Crippen LogP contribution in [0.1, 0.15) is 29.3 Å². The Labute approximate surface area is 146 Å². The van der Waals surface area contributed by atoms with Crippen LogP contribution in [0, 0.1) is 5.82 Å². The number of methoxy groups -OCH3 is 2. The molecule has 2 aromatic carbocycles. The number of rotatable bonds is 8. The Balaban J connectivity index is 2.15. The monoisotopic (exact) mass is 344 g/mol. The van der Waals surface area contributed by atoms with Gasteiger partial charge in [-0.05, 0) is 48.4 Å². The Morgan fingerprint density at radius 2 is 1.76 bits per heavy atom. The van der Waals surface area contributed by atoms with E-state index >= 15 is 0 Å². The summed E-state index contributed by atoms with van der Waals surface area (Å²) in [5.41, 5.74) is 1.03. The van der Waals surface area contributed by atoms with Crippen molar-refractivity contribution in [2.75, 3.05) is 20.8 Å². The first-order valence-corrected chi connectivity index (χ1v) is 7.95. The maximum atomic E-state index is 13.7. The van der Waals surface area contributed by atoms with Gasteiger partial charge in [0.05, 0.1) is 20.8 Å². The maximum Gasteiger partial charge on any atom is 0.185 e. The van der Waals surface area contributed by atoms with Crippen molar-refractivity contribution in [2.45, 2.75) is 13.3 Å². The lowest BCUT2D eigenvalue weighted by atomic mass is 10.1. The average molecular weight is 344 g/mol. The standard InChI is InChI=1S/C20H21FO4/c1-4-11-25-19-9-6-14(12-20(19)24-3)5-8-17(22)15-7-10-18(23-2)16(21)13-15/h5-10,12-13H,4,11H2,1-3H3/b8-5+. The molecule has 2 aromatic rings. The molecular weight excluding hydrogens is 323 g/mol. The molecule has 0 bridgehead atoms. The number of carbonyl (C=O) groups excluding carboxylic acids is 1. The second-order valence-electron chi connectivity index (χ2n) is 5.31. The SMILES string of the molecule is CCCOc1ccc(/C=C/C(=O)c2ccc(OC)c(F)c2)cc1OC. The van der Waals surface area contributed by atoms with Crippen LogP contribution < -0.4 is 14.2 Å². The molecule has 4 nitrogen and oxygen atoms in total. The predicted octanol–water partition coefficient (Wildman–Crippen LogP) is 4.53. The zero-order valence-corrected chi connectivity index (χ0v) is 14.5. The number of allylic oxidation sites excluding steroid dienone is 1. The molecule has 0 saturated carbocycles. The molecule has 0 heterocycles. The molecule has 0 saturated heterocycles. The highest BCUT2D eigenvalue weighted by molar-refractivity contribution is 6.06. The Bertz CT molecular complexity index is 768. The molecule has 25 heavy (non-hydrogen) atoms. The van der Waals surface area contributed by atoms with Gasteiger partial charge in [-0.15, -0.1) is 0 Å². The number of ether oxygens (including phenoxy) is 3. The van der Waals surface area contributed by atoms with Crippen molar-refractivity contribution in [3.63, 3.8) is 0 Å². The van der Waals surface area contributed by atoms with Crippen molar-refractivity contribution in [1.29, 1.82) is 0 Å². The van der Waals surface area contributed by atoms with Crippen molar-refractivity contribution in [3.05, 3.63) is 59.4 Å². The largest absolute Gasteiger partial charge is 0.494 e. The molecule has 2 rings (SSSR count). The zero-order valence-electron chi connectivity index (χ0n) is 14.5. The van der Waals surface area contributed by atoms with Crippen molar-refractivity contribution in [2.24, 2.45) is 0 Å². The Morgan fingerprint density at radius 3 is 2.40 bits per heavy atom. The van der Waals surface area contributed by atoms with Gasteiger partial charge in [-0.2, -0.15) is 0 Å². The van der Waals surface area contributed by atoms with E-state index in [-0.39, 0.29) is 17.1 Å². The van der Waals surface area contributed by atoms with Crippen LogP contribution in [-0.4, -0.2) is 26.6 Å². The molecule has 0 spiro atoms. The van der Waals surface area contributed by atoms with Crippen LogP contribution in [0.3, 0.4) is 0 Å². The molecule has 0 fully saturated rings. The van der Waals surface area contributed by atoms with E-state index in [1.165, 1.54) is 25.3 Å². The summed E-state index contributed by atoms with van der Waals surface area (Å²) in [4.78, 5) is 12.2. The molecule has 0 amide bonds. The third-order valence-electron chi connectivity index (χ3n) is 3.51. The lowest BCUT2D eigenvalue weighted by molar-refractivity contribution is 0.104. The van der Waals surface area contributed by atoms with Crippen LogP contribution >= 0.6 is 0 Å². The molecule has 0 N–H and O–H groups in total. The highest BCUT2D eigenvalue weighted by Crippen LogP contribution is 2.28. The first-order chi connectivity index (χ1) is 12.1. The van der Waals surface area contributed by atoms with E-state index in [2.05, 4.69) is 0 Å². The van der Waals surface area contributed by atoms with E-state index in [1.807, 2.05) is 13.0 Å². The van der Waals surface area contributed by atoms with Gasteiger partial charge in [0.2, 0.25) is 0 Å². The van der Waals surface area contributed by atoms with Crippen LogP contribution in [0.5, 0.6) is 17.2 Å². The van der Waals surface area contributed by atoms with Crippen molar-refractivity contribution < 1.29 is 23.4 Å². The van der Waals surface area contributed by atoms with Gasteiger partial charge < -0.3 is 14.2 Å². The van der Waals surface area contributed by atoms with Gasteiger partial charge >= 0.3 is 0 Å². The van der Waals surface area contributed by atoms with Crippen LogP contribution in [-0.2, 0) is 0 Å². The Hall–Kier alpha value is -2.82. The van der Waals surface area contributed by atoms with Crippen molar-refractivity contribution >= 4 is 11.9 Å². The molecule has 0 aliphatic carbocycles. The fraction of sp³-hybridized carbons (Fsp3) is 0.250. The normalized spacial score (nSPS) is 10.7. The number of benzene rings is 2. The van der Waals surface area contributed by atoms with Gasteiger partial charge in [0.15, 0.2) is 28.8 Å². The summed E-state index contributed by atoms with van der Waals surface area (Å²) in [6, 6.07) is 9.52. The second-order valence-corrected chi connectivity index (χ2v) is 5.31. The van der Waals surface area contributed by atoms with Crippen molar-refractivity contribution in [1.82, 2.24) is 0 Å². The summed E-state index contributed by atoms with van der Waals surface area (Å²) < 4.78 is 29.4. The van der Waals surface area contributed by atoms with Crippen LogP contribution in [0.4, 0.5) is 4.39 Å². The second kappa shape index (κ2) is 8.87. The van der Waals surface area contributed by atoms with E-state index in [1.54, 1.807) is 25.3 Å². The van der Waals surface area contributed by atoms with E-state index in [0.29, 0.717) is 18.1 Å². The van der Waals surface area contributed by atoms with E-state index in [4.69, 9.17) is 14.2 Å². The highest BCUT2D eigenvalue weighted by atomic mass is 19.1. The zero-order chi connectivity index (χ0) is 18.2. The summed E-state index contributed by atoms with van der Waals surface area (Å²) in [6.45, 7) is 2.63. The molecule has 0 radical (unpaired) electrons. The Kier molecular flexibility index (Phi) is 6.57. The number of hydrogen-bond acceptors (Lipinski definition) is 4. The quantitative estimate of drug-likeness (QED) is 0.521. The third kappa shape index (κ3) is 4.83. The maximum absolute atomic E-state index is 13.7. The lowest BCUT2D eigenvalue weighted by Crippen LogP contribution is -1.98. The topological polar surface area (TPSA) is 44.8 Å². The fourth-order valence-corrected chi connectivity index (χ4v) is 2.21. The summed E-state index contributed by atoms with van der Waals surface area (Å²) >= 11 is 0. The van der Waals surface area contributed by atoms with Gasteiger partial charge in [0, 0.05) is 5.56 Å². The van der Waals surface area contributed by atoms with Gasteiger partial charge in [-0.25, -0.2) is 4.39 Å². The van der Waals surface area contributed by atoms with E-state index < -0.39 is 5.82 Å². The van der Waals surface area contributed by atoms with Crippen LogP contribution in [0.15, 0.2) is 42.5 Å². The number of carbonyl (C=O) groups is 1. The molecule has 0 aromatic heterocycles. The summed E-state index contributed by atoms with van der Waals surface area (Å²) in [5.74, 6) is 0.490. The third-order valence-corrected chi connectivity index (χ3v) is 3.51. The van der Waals surface area contributed by atoms with Gasteiger partial charge in [-0.3, -0.25) is 4.79 Å². The molecular formula is C20H21FO4. The molecule has 132 valence electrons. The molecule has 0 atom stereocenters.